The van der Waals surface area contributed by atoms with Crippen LogP contribution in [0.25, 0.3) is 0 Å². The van der Waals surface area contributed by atoms with Crippen molar-refractivity contribution >= 4 is 23.6 Å². The predicted octanol–water partition coefficient (Wildman–Crippen LogP) is 3.07. The first kappa shape index (κ1) is 24.6. The molecule has 1 aromatic carbocycles. The summed E-state index contributed by atoms with van der Waals surface area (Å²) in [5, 5.41) is -0.0595. The minimum absolute atomic E-state index is 0.0346. The van der Waals surface area contributed by atoms with Crippen LogP contribution < -0.4 is 16.4 Å². The summed E-state index contributed by atoms with van der Waals surface area (Å²) in [7, 11) is 0. The van der Waals surface area contributed by atoms with Gasteiger partial charge in [-0.05, 0) is 55.9 Å². The minimum atomic E-state index is -4.52. The third-order valence-electron chi connectivity index (χ3n) is 7.81. The van der Waals surface area contributed by atoms with Crippen LogP contribution in [0.2, 0.25) is 5.02 Å². The number of carbonyl (C=O) groups excluding carboxylic acids is 2. The molecule has 1 aromatic rings. The second-order valence-electron chi connectivity index (χ2n) is 10.2. The smallest absolute Gasteiger partial charge is 0.416 e. The SMILES string of the molecule is O=C(OCc1cc(Cl)cc(C(F)(F)F)c1)N1CCC2(CC1)CN(C(=O)C1CCC3NNNC3C1)C2. The van der Waals surface area contributed by atoms with E-state index >= 15 is 0 Å². The van der Waals surface area contributed by atoms with Crippen molar-refractivity contribution in [1.29, 1.82) is 0 Å². The van der Waals surface area contributed by atoms with Crippen molar-refractivity contribution in [2.24, 2.45) is 11.3 Å². The van der Waals surface area contributed by atoms with Gasteiger partial charge in [0.2, 0.25) is 5.91 Å². The highest BCUT2D eigenvalue weighted by atomic mass is 35.5. The molecule has 3 heterocycles. The maximum absolute atomic E-state index is 13.0. The summed E-state index contributed by atoms with van der Waals surface area (Å²) in [4.78, 5) is 29.0. The van der Waals surface area contributed by atoms with Crippen LogP contribution >= 0.6 is 11.6 Å². The largest absolute Gasteiger partial charge is 0.445 e. The van der Waals surface area contributed by atoms with E-state index in [2.05, 4.69) is 16.4 Å². The van der Waals surface area contributed by atoms with Gasteiger partial charge in [-0.2, -0.15) is 18.7 Å². The Kier molecular flexibility index (Phi) is 6.62. The van der Waals surface area contributed by atoms with Gasteiger partial charge in [-0.3, -0.25) is 4.79 Å². The zero-order chi connectivity index (χ0) is 24.8. The first-order valence-electron chi connectivity index (χ1n) is 12.0. The molecular weight excluding hydrogens is 487 g/mol. The van der Waals surface area contributed by atoms with Gasteiger partial charge >= 0.3 is 12.3 Å². The van der Waals surface area contributed by atoms with Crippen LogP contribution in [0.15, 0.2) is 18.2 Å². The number of halogens is 4. The van der Waals surface area contributed by atoms with E-state index in [-0.39, 0.29) is 40.5 Å². The van der Waals surface area contributed by atoms with Crippen LogP contribution in [0, 0.1) is 11.3 Å². The Balaban J connectivity index is 1.07. The molecule has 2 amide bonds. The van der Waals surface area contributed by atoms with Crippen molar-refractivity contribution in [3.05, 3.63) is 34.3 Å². The summed E-state index contributed by atoms with van der Waals surface area (Å²) in [6, 6.07) is 3.78. The lowest BCUT2D eigenvalue weighted by molar-refractivity contribution is -0.152. The Morgan fingerprint density at radius 2 is 1.77 bits per heavy atom. The molecule has 192 valence electrons. The second-order valence-corrected chi connectivity index (χ2v) is 10.7. The van der Waals surface area contributed by atoms with Gasteiger partial charge in [0.05, 0.1) is 5.56 Å². The lowest BCUT2D eigenvalue weighted by Gasteiger charge is -2.54. The zero-order valence-electron chi connectivity index (χ0n) is 19.2. The molecular formula is C23H29ClF3N5O3. The molecule has 12 heteroatoms. The van der Waals surface area contributed by atoms with Crippen LogP contribution in [-0.2, 0) is 22.3 Å². The van der Waals surface area contributed by atoms with Crippen molar-refractivity contribution in [3.8, 4) is 0 Å². The highest BCUT2D eigenvalue weighted by molar-refractivity contribution is 6.30. The number of ether oxygens (including phenoxy) is 1. The third kappa shape index (κ3) is 5.23. The number of benzene rings is 1. The second kappa shape index (κ2) is 9.42. The number of likely N-dealkylation sites (tertiary alicyclic amines) is 2. The number of rotatable bonds is 3. The molecule has 3 N–H and O–H groups in total. The molecule has 0 aromatic heterocycles. The topological polar surface area (TPSA) is 85.9 Å². The Morgan fingerprint density at radius 3 is 2.49 bits per heavy atom. The molecule has 3 saturated heterocycles. The Morgan fingerprint density at radius 1 is 1.06 bits per heavy atom. The number of piperidine rings is 1. The van der Waals surface area contributed by atoms with Gasteiger partial charge in [0.25, 0.3) is 0 Å². The molecule has 3 aliphatic heterocycles. The van der Waals surface area contributed by atoms with E-state index in [0.717, 1.165) is 44.2 Å². The van der Waals surface area contributed by atoms with Crippen molar-refractivity contribution in [2.75, 3.05) is 26.2 Å². The Bertz CT molecular complexity index is 978. The number of amides is 2. The quantitative estimate of drug-likeness (QED) is 0.574. The fraction of sp³-hybridized carbons (Fsp3) is 0.652. The summed E-state index contributed by atoms with van der Waals surface area (Å²) in [6.07, 6.45) is -0.865. The molecule has 5 rings (SSSR count). The molecule has 0 radical (unpaired) electrons. The molecule has 35 heavy (non-hydrogen) atoms. The van der Waals surface area contributed by atoms with E-state index in [1.165, 1.54) is 6.07 Å². The molecule has 3 atom stereocenters. The summed E-state index contributed by atoms with van der Waals surface area (Å²) in [5.41, 5.74) is 8.67. The standard InChI is InChI=1S/C23H29ClF3N5O3/c24-17-8-14(7-16(10-17)23(25,26)27)11-35-21(34)31-5-3-22(4-6-31)12-32(13-22)20(33)15-1-2-18-19(9-15)29-30-28-18/h7-8,10,15,18-19,28-30H,1-6,9,11-13H2. The maximum Gasteiger partial charge on any atom is 0.416 e. The molecule has 1 aliphatic carbocycles. The molecule has 3 unspecified atom stereocenters. The molecule has 8 nitrogen and oxygen atoms in total. The van der Waals surface area contributed by atoms with Gasteiger partial charge in [-0.15, -0.1) is 0 Å². The number of hydrogen-bond donors (Lipinski definition) is 3. The van der Waals surface area contributed by atoms with Crippen molar-refractivity contribution in [2.45, 2.75) is 57.0 Å². The number of fused-ring (bicyclic) bond motifs is 1. The van der Waals surface area contributed by atoms with E-state index in [1.807, 2.05) is 4.90 Å². The van der Waals surface area contributed by atoms with E-state index in [0.29, 0.717) is 32.2 Å². The lowest BCUT2D eigenvalue weighted by Crippen LogP contribution is -2.63. The number of alkyl halides is 3. The molecule has 0 bridgehead atoms. The first-order valence-corrected chi connectivity index (χ1v) is 12.3. The number of nitrogens with zero attached hydrogens (tertiary/aromatic N) is 2. The van der Waals surface area contributed by atoms with Crippen LogP contribution in [0.5, 0.6) is 0 Å². The Hall–Kier alpha value is -2.08. The average Bonchev–Trinajstić information content (AvgIpc) is 3.28. The summed E-state index contributed by atoms with van der Waals surface area (Å²) >= 11 is 5.79. The number of hydrazine groups is 2. The van der Waals surface area contributed by atoms with E-state index in [9.17, 15) is 22.8 Å². The van der Waals surface area contributed by atoms with E-state index in [4.69, 9.17) is 16.3 Å². The highest BCUT2D eigenvalue weighted by Gasteiger charge is 2.49. The van der Waals surface area contributed by atoms with Gasteiger partial charge in [0.15, 0.2) is 0 Å². The van der Waals surface area contributed by atoms with Crippen LogP contribution in [0.1, 0.15) is 43.2 Å². The van der Waals surface area contributed by atoms with Gasteiger partial charge in [0.1, 0.15) is 6.61 Å². The predicted molar refractivity (Wildman–Crippen MR) is 121 cm³/mol. The Labute approximate surface area is 206 Å². The van der Waals surface area contributed by atoms with Crippen LogP contribution in [-0.4, -0.2) is 60.1 Å². The molecule has 1 spiro atoms. The van der Waals surface area contributed by atoms with E-state index in [1.54, 1.807) is 4.90 Å². The fourth-order valence-corrected chi connectivity index (χ4v) is 6.00. The molecule has 4 aliphatic rings. The lowest BCUT2D eigenvalue weighted by atomic mass is 9.71. The van der Waals surface area contributed by atoms with Gasteiger partial charge in [-0.1, -0.05) is 11.6 Å². The van der Waals surface area contributed by atoms with Gasteiger partial charge in [-0.25, -0.2) is 15.6 Å². The zero-order valence-corrected chi connectivity index (χ0v) is 19.9. The number of hydrogen-bond acceptors (Lipinski definition) is 6. The van der Waals surface area contributed by atoms with Crippen LogP contribution in [0.4, 0.5) is 18.0 Å². The van der Waals surface area contributed by atoms with E-state index < -0.39 is 17.8 Å². The number of carbonyl (C=O) groups is 2. The fourth-order valence-electron chi connectivity index (χ4n) is 5.75. The molecule has 4 fully saturated rings. The molecule has 1 saturated carbocycles. The first-order chi connectivity index (χ1) is 16.6. The third-order valence-corrected chi connectivity index (χ3v) is 8.03. The minimum Gasteiger partial charge on any atom is -0.445 e. The average molecular weight is 516 g/mol. The van der Waals surface area contributed by atoms with Crippen LogP contribution in [0.3, 0.4) is 0 Å². The van der Waals surface area contributed by atoms with Gasteiger partial charge < -0.3 is 14.5 Å². The normalized spacial score (nSPS) is 27.9. The maximum atomic E-state index is 13.0. The number of nitrogens with one attached hydrogen (secondary N) is 3. The summed E-state index contributed by atoms with van der Waals surface area (Å²) < 4.78 is 44.2. The van der Waals surface area contributed by atoms with Gasteiger partial charge in [0, 0.05) is 54.6 Å². The summed E-state index contributed by atoms with van der Waals surface area (Å²) in [6.45, 7) is 2.14. The summed E-state index contributed by atoms with van der Waals surface area (Å²) in [5.74, 6) is 0.270. The highest BCUT2D eigenvalue weighted by Crippen LogP contribution is 2.42. The van der Waals surface area contributed by atoms with Crippen molar-refractivity contribution in [1.82, 2.24) is 26.2 Å². The van der Waals surface area contributed by atoms with Crippen molar-refractivity contribution < 1.29 is 27.5 Å². The van der Waals surface area contributed by atoms with Crippen molar-refractivity contribution in [3.63, 3.8) is 0 Å². The monoisotopic (exact) mass is 515 g/mol.